The van der Waals surface area contributed by atoms with Crippen molar-refractivity contribution in [2.24, 2.45) is 5.92 Å². The molecule has 138 valence electrons. The first-order valence-electron chi connectivity index (χ1n) is 8.39. The number of piperidine rings is 1. The summed E-state index contributed by atoms with van der Waals surface area (Å²) in [5.41, 5.74) is -0.225. The van der Waals surface area contributed by atoms with Crippen molar-refractivity contribution in [1.82, 2.24) is 4.31 Å². The normalized spacial score (nSPS) is 16.3. The van der Waals surface area contributed by atoms with Gasteiger partial charge in [0.2, 0.25) is 10.0 Å². The van der Waals surface area contributed by atoms with Crippen LogP contribution in [0.2, 0.25) is 0 Å². The van der Waals surface area contributed by atoms with Crippen LogP contribution < -0.4 is 4.74 Å². The van der Waals surface area contributed by atoms with E-state index >= 15 is 0 Å². The highest BCUT2D eigenvalue weighted by Gasteiger charge is 2.30. The van der Waals surface area contributed by atoms with Crippen LogP contribution in [-0.2, 0) is 10.0 Å². The number of sulfonamides is 1. The van der Waals surface area contributed by atoms with E-state index in [1.807, 2.05) is 30.3 Å². The van der Waals surface area contributed by atoms with Gasteiger partial charge in [-0.1, -0.05) is 24.3 Å². The number of ether oxygens (including phenoxy) is 1. The summed E-state index contributed by atoms with van der Waals surface area (Å²) in [6.07, 6.45) is 1.39. The molecule has 2 aromatic carbocycles. The molecule has 1 fully saturated rings. The van der Waals surface area contributed by atoms with E-state index in [9.17, 15) is 18.5 Å². The Hall–Kier alpha value is -2.45. The molecular formula is C18H20N2O5S. The van der Waals surface area contributed by atoms with Crippen LogP contribution in [0.25, 0.3) is 0 Å². The lowest BCUT2D eigenvalue weighted by Gasteiger charge is -2.31. The zero-order valence-corrected chi connectivity index (χ0v) is 15.0. The van der Waals surface area contributed by atoms with Gasteiger partial charge in [0.15, 0.2) is 0 Å². The average Bonchev–Trinajstić information content (AvgIpc) is 2.67. The summed E-state index contributed by atoms with van der Waals surface area (Å²) in [6, 6.07) is 14.7. The van der Waals surface area contributed by atoms with Crippen molar-refractivity contribution in [2.45, 2.75) is 17.7 Å². The van der Waals surface area contributed by atoms with Crippen LogP contribution in [0.5, 0.6) is 5.75 Å². The summed E-state index contributed by atoms with van der Waals surface area (Å²) >= 11 is 0. The second-order valence-electron chi connectivity index (χ2n) is 6.23. The summed E-state index contributed by atoms with van der Waals surface area (Å²) in [4.78, 5) is 10.2. The van der Waals surface area contributed by atoms with Gasteiger partial charge in [-0.25, -0.2) is 8.42 Å². The molecule has 1 heterocycles. The molecule has 0 saturated carbocycles. The largest absolute Gasteiger partial charge is 0.493 e. The van der Waals surface area contributed by atoms with E-state index in [1.165, 1.54) is 22.5 Å². The fraction of sp³-hybridized carbons (Fsp3) is 0.333. The zero-order valence-electron chi connectivity index (χ0n) is 14.2. The molecule has 0 atom stereocenters. The first-order valence-corrected chi connectivity index (χ1v) is 9.83. The van der Waals surface area contributed by atoms with Crippen molar-refractivity contribution in [3.63, 3.8) is 0 Å². The summed E-state index contributed by atoms with van der Waals surface area (Å²) < 4.78 is 32.6. The molecule has 2 aromatic rings. The smallest absolute Gasteiger partial charge is 0.270 e. The van der Waals surface area contributed by atoms with Crippen LogP contribution in [-0.4, -0.2) is 37.3 Å². The lowest BCUT2D eigenvalue weighted by molar-refractivity contribution is -0.385. The minimum atomic E-state index is -3.72. The number of para-hydroxylation sites is 1. The molecule has 1 saturated heterocycles. The molecular weight excluding hydrogens is 356 g/mol. The Morgan fingerprint density at radius 2 is 1.77 bits per heavy atom. The molecule has 1 aliphatic heterocycles. The van der Waals surface area contributed by atoms with E-state index in [4.69, 9.17) is 4.74 Å². The number of hydrogen-bond donors (Lipinski definition) is 0. The molecule has 8 heteroatoms. The Kier molecular flexibility index (Phi) is 5.53. The van der Waals surface area contributed by atoms with Crippen LogP contribution in [0.1, 0.15) is 12.8 Å². The van der Waals surface area contributed by atoms with Gasteiger partial charge in [-0.05, 0) is 37.0 Å². The predicted molar refractivity (Wildman–Crippen MR) is 96.5 cm³/mol. The van der Waals surface area contributed by atoms with Gasteiger partial charge in [0.1, 0.15) is 5.75 Å². The Labute approximate surface area is 152 Å². The summed E-state index contributed by atoms with van der Waals surface area (Å²) in [5, 5.41) is 10.9. The van der Waals surface area contributed by atoms with Gasteiger partial charge < -0.3 is 4.74 Å². The predicted octanol–water partition coefficient (Wildman–Crippen LogP) is 3.07. The molecule has 0 amide bonds. The van der Waals surface area contributed by atoms with Gasteiger partial charge in [-0.3, -0.25) is 10.1 Å². The number of non-ortho nitro benzene ring substituents is 1. The Bertz CT molecular complexity index is 862. The third kappa shape index (κ3) is 4.20. The van der Waals surface area contributed by atoms with Crippen molar-refractivity contribution < 1.29 is 18.1 Å². The van der Waals surface area contributed by atoms with Gasteiger partial charge in [0.05, 0.1) is 16.4 Å². The molecule has 0 N–H and O–H groups in total. The monoisotopic (exact) mass is 376 g/mol. The minimum Gasteiger partial charge on any atom is -0.493 e. The maximum atomic E-state index is 12.7. The van der Waals surface area contributed by atoms with E-state index in [0.29, 0.717) is 32.5 Å². The topological polar surface area (TPSA) is 89.8 Å². The van der Waals surface area contributed by atoms with Crippen molar-refractivity contribution >= 4 is 15.7 Å². The Morgan fingerprint density at radius 3 is 2.42 bits per heavy atom. The van der Waals surface area contributed by atoms with E-state index in [-0.39, 0.29) is 16.5 Å². The number of rotatable bonds is 6. The molecule has 0 aromatic heterocycles. The van der Waals surface area contributed by atoms with Crippen molar-refractivity contribution in [3.05, 3.63) is 64.7 Å². The molecule has 0 bridgehead atoms. The highest BCUT2D eigenvalue weighted by Crippen LogP contribution is 2.26. The number of benzene rings is 2. The second-order valence-corrected chi connectivity index (χ2v) is 8.16. The fourth-order valence-corrected chi connectivity index (χ4v) is 4.46. The number of nitro benzene ring substituents is 1. The van der Waals surface area contributed by atoms with E-state index in [0.717, 1.165) is 11.8 Å². The molecule has 1 aliphatic rings. The third-order valence-corrected chi connectivity index (χ3v) is 6.36. The molecule has 7 nitrogen and oxygen atoms in total. The summed E-state index contributed by atoms with van der Waals surface area (Å²) in [5.74, 6) is 1.09. The maximum absolute atomic E-state index is 12.7. The number of hydrogen-bond acceptors (Lipinski definition) is 5. The maximum Gasteiger partial charge on any atom is 0.270 e. The average molecular weight is 376 g/mol. The van der Waals surface area contributed by atoms with Gasteiger partial charge in [-0.2, -0.15) is 4.31 Å². The third-order valence-electron chi connectivity index (χ3n) is 4.47. The SMILES string of the molecule is O=[N+]([O-])c1cccc(S(=O)(=O)N2CCC(COc3ccccc3)CC2)c1. The fourth-order valence-electron chi connectivity index (χ4n) is 2.95. The van der Waals surface area contributed by atoms with Gasteiger partial charge in [-0.15, -0.1) is 0 Å². The quantitative estimate of drug-likeness (QED) is 0.571. The van der Waals surface area contributed by atoms with E-state index in [1.54, 1.807) is 0 Å². The van der Waals surface area contributed by atoms with Crippen LogP contribution in [0.4, 0.5) is 5.69 Å². The molecule has 3 rings (SSSR count). The summed E-state index contributed by atoms with van der Waals surface area (Å²) in [7, 11) is -3.72. The van der Waals surface area contributed by atoms with Gasteiger partial charge in [0, 0.05) is 25.2 Å². The van der Waals surface area contributed by atoms with Gasteiger partial charge >= 0.3 is 0 Å². The highest BCUT2D eigenvalue weighted by molar-refractivity contribution is 7.89. The molecule has 26 heavy (non-hydrogen) atoms. The molecule has 0 aliphatic carbocycles. The van der Waals surface area contributed by atoms with Crippen LogP contribution in [0, 0.1) is 16.0 Å². The van der Waals surface area contributed by atoms with Crippen molar-refractivity contribution in [3.8, 4) is 5.75 Å². The van der Waals surface area contributed by atoms with E-state index < -0.39 is 14.9 Å². The van der Waals surface area contributed by atoms with E-state index in [2.05, 4.69) is 0 Å². The first-order chi connectivity index (χ1) is 12.5. The van der Waals surface area contributed by atoms with Crippen LogP contribution in [0.3, 0.4) is 0 Å². The Morgan fingerprint density at radius 1 is 1.08 bits per heavy atom. The lowest BCUT2D eigenvalue weighted by Crippen LogP contribution is -2.39. The van der Waals surface area contributed by atoms with Crippen LogP contribution >= 0.6 is 0 Å². The molecule has 0 spiro atoms. The molecule has 0 radical (unpaired) electrons. The standard InChI is InChI=1S/C18H20N2O5S/c21-20(22)16-5-4-8-18(13-16)26(23,24)19-11-9-15(10-12-19)14-25-17-6-2-1-3-7-17/h1-8,13,15H,9-12,14H2. The second kappa shape index (κ2) is 7.84. The van der Waals surface area contributed by atoms with Crippen molar-refractivity contribution in [2.75, 3.05) is 19.7 Å². The van der Waals surface area contributed by atoms with Crippen LogP contribution in [0.15, 0.2) is 59.5 Å². The first kappa shape index (κ1) is 18.3. The van der Waals surface area contributed by atoms with Crippen molar-refractivity contribution in [1.29, 1.82) is 0 Å². The number of nitro groups is 1. The summed E-state index contributed by atoms with van der Waals surface area (Å²) in [6.45, 7) is 1.32. The van der Waals surface area contributed by atoms with Gasteiger partial charge in [0.25, 0.3) is 5.69 Å². The lowest BCUT2D eigenvalue weighted by atomic mass is 9.99. The molecule has 0 unspecified atom stereocenters. The highest BCUT2D eigenvalue weighted by atomic mass is 32.2. The Balaban J connectivity index is 1.60. The number of nitrogens with zero attached hydrogens (tertiary/aromatic N) is 2. The minimum absolute atomic E-state index is 0.0364. The zero-order chi connectivity index (χ0) is 18.6.